The van der Waals surface area contributed by atoms with Crippen LogP contribution in [0.2, 0.25) is 0 Å². The van der Waals surface area contributed by atoms with Crippen LogP contribution in [0.3, 0.4) is 0 Å². The maximum absolute atomic E-state index is 11.9. The Kier molecular flexibility index (Phi) is 3.27. The van der Waals surface area contributed by atoms with Crippen LogP contribution in [-0.4, -0.2) is 32.6 Å². The molecule has 1 saturated carbocycles. The lowest BCUT2D eigenvalue weighted by Crippen LogP contribution is -2.21. The van der Waals surface area contributed by atoms with Crippen LogP contribution in [0.15, 0.2) is 23.1 Å². The Hall–Kier alpha value is -1.60. The molecular weight excluding hydrogens is 256 g/mol. The number of benzene rings is 1. The predicted octanol–water partition coefficient (Wildman–Crippen LogP) is 0.867. The molecule has 98 valence electrons. The van der Waals surface area contributed by atoms with E-state index in [1.54, 1.807) is 0 Å². The lowest BCUT2D eigenvalue weighted by Gasteiger charge is -2.12. The van der Waals surface area contributed by atoms with E-state index in [9.17, 15) is 13.2 Å². The van der Waals surface area contributed by atoms with Gasteiger partial charge in [0.25, 0.3) is 0 Å². The number of carboxylic acid groups (broad SMARTS) is 1. The van der Waals surface area contributed by atoms with E-state index in [4.69, 9.17) is 5.11 Å². The summed E-state index contributed by atoms with van der Waals surface area (Å²) >= 11 is 0. The molecule has 0 radical (unpaired) electrons. The van der Waals surface area contributed by atoms with Crippen molar-refractivity contribution in [2.24, 2.45) is 0 Å². The molecule has 6 nitrogen and oxygen atoms in total. The van der Waals surface area contributed by atoms with Crippen LogP contribution in [0.5, 0.6) is 0 Å². The van der Waals surface area contributed by atoms with Gasteiger partial charge in [-0.25, -0.2) is 17.9 Å². The fourth-order valence-electron chi connectivity index (χ4n) is 1.55. The van der Waals surface area contributed by atoms with E-state index in [0.29, 0.717) is 5.69 Å². The first kappa shape index (κ1) is 12.8. The molecule has 1 aromatic rings. The molecule has 0 heterocycles. The molecule has 0 aromatic heterocycles. The summed E-state index contributed by atoms with van der Waals surface area (Å²) in [6.07, 6.45) is 2.00. The minimum Gasteiger partial charge on any atom is -0.478 e. The number of carbonyl (C=O) groups is 1. The maximum Gasteiger partial charge on any atom is 0.335 e. The van der Waals surface area contributed by atoms with E-state index in [0.717, 1.165) is 12.8 Å². The molecule has 1 aliphatic carbocycles. The molecule has 3 N–H and O–H groups in total. The number of carboxylic acids is 1. The van der Waals surface area contributed by atoms with E-state index >= 15 is 0 Å². The fraction of sp³-hybridized carbons (Fsp3) is 0.364. The molecule has 7 heteroatoms. The molecular formula is C11H14N2O4S. The van der Waals surface area contributed by atoms with Gasteiger partial charge < -0.3 is 10.4 Å². The van der Waals surface area contributed by atoms with Gasteiger partial charge in [0, 0.05) is 6.04 Å². The first-order valence-corrected chi connectivity index (χ1v) is 7.00. The van der Waals surface area contributed by atoms with Gasteiger partial charge in [0.1, 0.15) is 4.90 Å². The van der Waals surface area contributed by atoms with E-state index in [-0.39, 0.29) is 16.5 Å². The topological polar surface area (TPSA) is 95.5 Å². The molecule has 1 aliphatic rings. The van der Waals surface area contributed by atoms with Crippen molar-refractivity contribution in [1.29, 1.82) is 0 Å². The first-order valence-electron chi connectivity index (χ1n) is 5.51. The number of anilines is 1. The zero-order chi connectivity index (χ0) is 13.3. The van der Waals surface area contributed by atoms with Crippen LogP contribution in [-0.2, 0) is 10.0 Å². The molecule has 1 aromatic carbocycles. The summed E-state index contributed by atoms with van der Waals surface area (Å²) in [6.45, 7) is 0. The lowest BCUT2D eigenvalue weighted by molar-refractivity contribution is 0.0696. The average molecular weight is 270 g/mol. The first-order chi connectivity index (χ1) is 8.44. The highest BCUT2D eigenvalue weighted by atomic mass is 32.2. The zero-order valence-electron chi connectivity index (χ0n) is 9.80. The Bertz CT molecular complexity index is 579. The highest BCUT2D eigenvalue weighted by Crippen LogP contribution is 2.29. The van der Waals surface area contributed by atoms with Crippen molar-refractivity contribution in [3.8, 4) is 0 Å². The standard InChI is InChI=1S/C11H14N2O4S/c1-12-18(16,17)10-6-7(11(14)15)2-5-9(10)13-8-3-4-8/h2,5-6,8,12-13H,3-4H2,1H3,(H,14,15). The molecule has 0 amide bonds. The van der Waals surface area contributed by atoms with Gasteiger partial charge in [-0.2, -0.15) is 0 Å². The van der Waals surface area contributed by atoms with Gasteiger partial charge in [0.2, 0.25) is 10.0 Å². The summed E-state index contributed by atoms with van der Waals surface area (Å²) < 4.78 is 25.9. The highest BCUT2D eigenvalue weighted by Gasteiger charge is 2.25. The zero-order valence-corrected chi connectivity index (χ0v) is 10.6. The molecule has 2 rings (SSSR count). The smallest absolute Gasteiger partial charge is 0.335 e. The van der Waals surface area contributed by atoms with E-state index < -0.39 is 16.0 Å². The monoisotopic (exact) mass is 270 g/mol. The molecule has 0 bridgehead atoms. The molecule has 0 saturated heterocycles. The van der Waals surface area contributed by atoms with Crippen molar-refractivity contribution < 1.29 is 18.3 Å². The second-order valence-electron chi connectivity index (χ2n) is 4.14. The number of rotatable bonds is 5. The number of hydrogen-bond donors (Lipinski definition) is 3. The summed E-state index contributed by atoms with van der Waals surface area (Å²) in [5, 5.41) is 12.0. The largest absolute Gasteiger partial charge is 0.478 e. The number of hydrogen-bond acceptors (Lipinski definition) is 4. The van der Waals surface area contributed by atoms with Gasteiger partial charge in [0.15, 0.2) is 0 Å². The number of aromatic carboxylic acids is 1. The van der Waals surface area contributed by atoms with Gasteiger partial charge in [-0.05, 0) is 38.1 Å². The molecule has 18 heavy (non-hydrogen) atoms. The third kappa shape index (κ3) is 2.62. The van der Waals surface area contributed by atoms with Crippen molar-refractivity contribution in [2.75, 3.05) is 12.4 Å². The Balaban J connectivity index is 2.48. The number of nitrogens with one attached hydrogen (secondary N) is 2. The van der Waals surface area contributed by atoms with Gasteiger partial charge in [0.05, 0.1) is 11.3 Å². The third-order valence-corrected chi connectivity index (χ3v) is 4.18. The van der Waals surface area contributed by atoms with Crippen LogP contribution < -0.4 is 10.0 Å². The highest BCUT2D eigenvalue weighted by molar-refractivity contribution is 7.89. The molecule has 1 fully saturated rings. The summed E-state index contributed by atoms with van der Waals surface area (Å²) in [7, 11) is -2.38. The Morgan fingerprint density at radius 1 is 1.39 bits per heavy atom. The van der Waals surface area contributed by atoms with Crippen LogP contribution >= 0.6 is 0 Å². The average Bonchev–Trinajstić information content (AvgIpc) is 3.13. The van der Waals surface area contributed by atoms with Crippen LogP contribution in [0.4, 0.5) is 5.69 Å². The lowest BCUT2D eigenvalue weighted by atomic mass is 10.2. The van der Waals surface area contributed by atoms with Crippen LogP contribution in [0.25, 0.3) is 0 Å². The quantitative estimate of drug-likeness (QED) is 0.737. The Morgan fingerprint density at radius 2 is 2.06 bits per heavy atom. The SMILES string of the molecule is CNS(=O)(=O)c1cc(C(=O)O)ccc1NC1CC1. The summed E-state index contributed by atoms with van der Waals surface area (Å²) in [4.78, 5) is 10.8. The van der Waals surface area contributed by atoms with Crippen molar-refractivity contribution in [2.45, 2.75) is 23.8 Å². The Morgan fingerprint density at radius 3 is 2.56 bits per heavy atom. The Labute approximate surface area is 105 Å². The fourth-order valence-corrected chi connectivity index (χ4v) is 2.47. The van der Waals surface area contributed by atoms with Crippen LogP contribution in [0, 0.1) is 0 Å². The molecule has 0 spiro atoms. The normalized spacial score (nSPS) is 15.4. The number of sulfonamides is 1. The summed E-state index contributed by atoms with van der Waals surface area (Å²) in [6, 6.07) is 4.33. The second-order valence-corrected chi connectivity index (χ2v) is 6.00. The van der Waals surface area contributed by atoms with Gasteiger partial charge >= 0.3 is 5.97 Å². The summed E-state index contributed by atoms with van der Waals surface area (Å²) in [5.74, 6) is -1.15. The van der Waals surface area contributed by atoms with Crippen molar-refractivity contribution in [1.82, 2.24) is 4.72 Å². The molecule has 0 unspecified atom stereocenters. The van der Waals surface area contributed by atoms with Crippen molar-refractivity contribution in [3.05, 3.63) is 23.8 Å². The minimum atomic E-state index is -3.68. The van der Waals surface area contributed by atoms with E-state index in [2.05, 4.69) is 10.0 Å². The van der Waals surface area contributed by atoms with Crippen LogP contribution in [0.1, 0.15) is 23.2 Å². The van der Waals surface area contributed by atoms with Gasteiger partial charge in [-0.3, -0.25) is 0 Å². The van der Waals surface area contributed by atoms with E-state index in [1.165, 1.54) is 25.2 Å². The molecule has 0 atom stereocenters. The summed E-state index contributed by atoms with van der Waals surface area (Å²) in [5.41, 5.74) is 0.391. The molecule has 0 aliphatic heterocycles. The predicted molar refractivity (Wildman–Crippen MR) is 66.3 cm³/mol. The maximum atomic E-state index is 11.9. The van der Waals surface area contributed by atoms with Crippen molar-refractivity contribution in [3.63, 3.8) is 0 Å². The van der Waals surface area contributed by atoms with Crippen molar-refractivity contribution >= 4 is 21.7 Å². The second kappa shape index (κ2) is 4.58. The third-order valence-electron chi connectivity index (χ3n) is 2.72. The van der Waals surface area contributed by atoms with E-state index in [1.807, 2.05) is 0 Å². The van der Waals surface area contributed by atoms with Gasteiger partial charge in [-0.15, -0.1) is 0 Å². The van der Waals surface area contributed by atoms with Gasteiger partial charge in [-0.1, -0.05) is 0 Å². The minimum absolute atomic E-state index is 0.0307.